The van der Waals surface area contributed by atoms with Gasteiger partial charge in [0.25, 0.3) is 10.0 Å². The van der Waals surface area contributed by atoms with Crippen molar-refractivity contribution in [3.63, 3.8) is 0 Å². The van der Waals surface area contributed by atoms with Crippen LogP contribution >= 0.6 is 0 Å². The normalized spacial score (nSPS) is 11.4. The van der Waals surface area contributed by atoms with E-state index in [1.165, 1.54) is 12.3 Å². The Labute approximate surface area is 118 Å². The van der Waals surface area contributed by atoms with E-state index in [1.54, 1.807) is 18.5 Å². The third-order valence-electron chi connectivity index (χ3n) is 2.74. The number of aromatic nitrogens is 2. The first-order chi connectivity index (χ1) is 9.62. The molecule has 2 heterocycles. The summed E-state index contributed by atoms with van der Waals surface area (Å²) in [7, 11) is -3.58. The minimum absolute atomic E-state index is 0.000821. The summed E-state index contributed by atoms with van der Waals surface area (Å²) < 4.78 is 26.5. The minimum Gasteiger partial charge on any atom is -0.326 e. The molecule has 0 spiro atoms. The number of hydrogen-bond acceptors (Lipinski definition) is 5. The SMILES string of the molecule is NCc1ccc(S(=O)(=O)NCCc2cccnc2)nc1. The summed E-state index contributed by atoms with van der Waals surface area (Å²) in [4.78, 5) is 7.88. The Morgan fingerprint density at radius 3 is 2.60 bits per heavy atom. The minimum atomic E-state index is -3.58. The largest absolute Gasteiger partial charge is 0.326 e. The summed E-state index contributed by atoms with van der Waals surface area (Å²) >= 11 is 0. The molecule has 0 aliphatic carbocycles. The molecule has 20 heavy (non-hydrogen) atoms. The summed E-state index contributed by atoms with van der Waals surface area (Å²) in [5, 5.41) is 0.000821. The van der Waals surface area contributed by atoms with Crippen LogP contribution in [0, 0.1) is 0 Å². The predicted molar refractivity (Wildman–Crippen MR) is 75.3 cm³/mol. The molecule has 6 nitrogen and oxygen atoms in total. The van der Waals surface area contributed by atoms with E-state index in [9.17, 15) is 8.42 Å². The number of rotatable bonds is 6. The molecule has 0 bridgehead atoms. The van der Waals surface area contributed by atoms with Gasteiger partial charge in [-0.05, 0) is 29.7 Å². The zero-order valence-electron chi connectivity index (χ0n) is 10.9. The maximum atomic E-state index is 12.0. The highest BCUT2D eigenvalue weighted by atomic mass is 32.2. The highest BCUT2D eigenvalue weighted by Crippen LogP contribution is 2.06. The first-order valence-electron chi connectivity index (χ1n) is 6.15. The Hall–Kier alpha value is -1.83. The summed E-state index contributed by atoms with van der Waals surface area (Å²) in [6.45, 7) is 0.635. The number of sulfonamides is 1. The van der Waals surface area contributed by atoms with E-state index in [0.29, 0.717) is 19.5 Å². The van der Waals surface area contributed by atoms with Crippen LogP contribution in [0.3, 0.4) is 0 Å². The number of nitrogens with zero attached hydrogens (tertiary/aromatic N) is 2. The van der Waals surface area contributed by atoms with Gasteiger partial charge in [-0.15, -0.1) is 0 Å². The van der Waals surface area contributed by atoms with Crippen LogP contribution in [0.15, 0.2) is 47.9 Å². The lowest BCUT2D eigenvalue weighted by Gasteiger charge is -2.06. The first-order valence-corrected chi connectivity index (χ1v) is 7.64. The molecule has 0 atom stereocenters. The van der Waals surface area contributed by atoms with Crippen LogP contribution in [0.25, 0.3) is 0 Å². The van der Waals surface area contributed by atoms with Gasteiger partial charge in [0, 0.05) is 31.7 Å². The summed E-state index contributed by atoms with van der Waals surface area (Å²) in [5.74, 6) is 0. The van der Waals surface area contributed by atoms with Gasteiger partial charge in [0.15, 0.2) is 5.03 Å². The van der Waals surface area contributed by atoms with E-state index in [-0.39, 0.29) is 5.03 Å². The maximum Gasteiger partial charge on any atom is 0.258 e. The first kappa shape index (κ1) is 14.6. The Morgan fingerprint density at radius 1 is 1.15 bits per heavy atom. The predicted octanol–water partition coefficient (Wildman–Crippen LogP) is 0.456. The van der Waals surface area contributed by atoms with E-state index in [2.05, 4.69) is 14.7 Å². The topological polar surface area (TPSA) is 98.0 Å². The smallest absolute Gasteiger partial charge is 0.258 e. The molecule has 2 rings (SSSR count). The number of pyridine rings is 2. The molecule has 0 unspecified atom stereocenters. The Morgan fingerprint density at radius 2 is 2.00 bits per heavy atom. The molecule has 0 fully saturated rings. The second-order valence-electron chi connectivity index (χ2n) is 4.22. The number of hydrogen-bond donors (Lipinski definition) is 2. The summed E-state index contributed by atoms with van der Waals surface area (Å²) in [6, 6.07) is 6.82. The van der Waals surface area contributed by atoms with E-state index in [0.717, 1.165) is 11.1 Å². The summed E-state index contributed by atoms with van der Waals surface area (Å²) in [6.07, 6.45) is 5.43. The van der Waals surface area contributed by atoms with Crippen molar-refractivity contribution in [2.24, 2.45) is 5.73 Å². The molecule has 0 saturated heterocycles. The van der Waals surface area contributed by atoms with E-state index in [4.69, 9.17) is 5.73 Å². The Balaban J connectivity index is 1.96. The summed E-state index contributed by atoms with van der Waals surface area (Å²) in [5.41, 5.74) is 7.21. The van der Waals surface area contributed by atoms with Gasteiger partial charge in [0.2, 0.25) is 0 Å². The fourth-order valence-corrected chi connectivity index (χ4v) is 2.60. The second-order valence-corrected chi connectivity index (χ2v) is 5.93. The quantitative estimate of drug-likeness (QED) is 0.806. The maximum absolute atomic E-state index is 12.0. The molecule has 0 saturated carbocycles. The van der Waals surface area contributed by atoms with Crippen LogP contribution in [0.2, 0.25) is 0 Å². The van der Waals surface area contributed by atoms with Crippen molar-refractivity contribution in [1.29, 1.82) is 0 Å². The van der Waals surface area contributed by atoms with Gasteiger partial charge in [-0.25, -0.2) is 18.1 Å². The Kier molecular flexibility index (Phi) is 4.78. The van der Waals surface area contributed by atoms with Gasteiger partial charge in [-0.1, -0.05) is 12.1 Å². The molecule has 2 aromatic heterocycles. The van der Waals surface area contributed by atoms with Crippen molar-refractivity contribution in [3.8, 4) is 0 Å². The molecule has 0 amide bonds. The molecular weight excluding hydrogens is 276 g/mol. The third kappa shape index (κ3) is 3.83. The highest BCUT2D eigenvalue weighted by molar-refractivity contribution is 7.89. The van der Waals surface area contributed by atoms with Crippen LogP contribution in [0.5, 0.6) is 0 Å². The van der Waals surface area contributed by atoms with E-state index < -0.39 is 10.0 Å². The van der Waals surface area contributed by atoms with Crippen LogP contribution in [0.4, 0.5) is 0 Å². The van der Waals surface area contributed by atoms with Crippen LogP contribution in [0.1, 0.15) is 11.1 Å². The molecule has 106 valence electrons. The van der Waals surface area contributed by atoms with Crippen molar-refractivity contribution < 1.29 is 8.42 Å². The van der Waals surface area contributed by atoms with Gasteiger partial charge < -0.3 is 5.73 Å². The molecule has 0 aliphatic heterocycles. The van der Waals surface area contributed by atoms with Crippen LogP contribution in [-0.2, 0) is 23.0 Å². The number of nitrogens with two attached hydrogens (primary N) is 1. The highest BCUT2D eigenvalue weighted by Gasteiger charge is 2.14. The lowest BCUT2D eigenvalue weighted by atomic mass is 10.2. The standard InChI is InChI=1S/C13H16N4O2S/c14-8-12-3-4-13(16-10-12)20(18,19)17-7-5-11-2-1-6-15-9-11/h1-4,6,9-10,17H,5,7-8,14H2. The number of nitrogens with one attached hydrogen (secondary N) is 1. The van der Waals surface area contributed by atoms with Crippen molar-refractivity contribution in [2.45, 2.75) is 18.0 Å². The van der Waals surface area contributed by atoms with E-state index >= 15 is 0 Å². The van der Waals surface area contributed by atoms with Crippen LogP contribution < -0.4 is 10.5 Å². The molecule has 7 heteroatoms. The molecule has 2 aromatic rings. The average molecular weight is 292 g/mol. The average Bonchev–Trinajstić information content (AvgIpc) is 2.48. The third-order valence-corrected chi connectivity index (χ3v) is 4.11. The van der Waals surface area contributed by atoms with Gasteiger partial charge in [0.1, 0.15) is 0 Å². The van der Waals surface area contributed by atoms with E-state index in [1.807, 2.05) is 12.1 Å². The molecular formula is C13H16N4O2S. The second kappa shape index (κ2) is 6.56. The molecule has 0 radical (unpaired) electrons. The lowest BCUT2D eigenvalue weighted by molar-refractivity contribution is 0.577. The molecule has 3 N–H and O–H groups in total. The zero-order valence-corrected chi connectivity index (χ0v) is 11.7. The van der Waals surface area contributed by atoms with Crippen molar-refractivity contribution in [2.75, 3.05) is 6.54 Å². The molecule has 0 aliphatic rings. The molecule has 0 aromatic carbocycles. The van der Waals surface area contributed by atoms with Gasteiger partial charge >= 0.3 is 0 Å². The zero-order chi connectivity index (χ0) is 14.4. The lowest BCUT2D eigenvalue weighted by Crippen LogP contribution is -2.26. The van der Waals surface area contributed by atoms with Crippen molar-refractivity contribution >= 4 is 10.0 Å². The van der Waals surface area contributed by atoms with Gasteiger partial charge in [-0.2, -0.15) is 0 Å². The fraction of sp³-hybridized carbons (Fsp3) is 0.231. The fourth-order valence-electron chi connectivity index (χ4n) is 1.64. The van der Waals surface area contributed by atoms with Crippen molar-refractivity contribution in [3.05, 3.63) is 54.0 Å². The Bertz CT molecular complexity index is 642. The van der Waals surface area contributed by atoms with Gasteiger partial charge in [0.05, 0.1) is 0 Å². The van der Waals surface area contributed by atoms with Crippen molar-refractivity contribution in [1.82, 2.24) is 14.7 Å². The van der Waals surface area contributed by atoms with Crippen LogP contribution in [-0.4, -0.2) is 24.9 Å². The van der Waals surface area contributed by atoms with Gasteiger partial charge in [-0.3, -0.25) is 4.98 Å². The monoisotopic (exact) mass is 292 g/mol.